The predicted octanol–water partition coefficient (Wildman–Crippen LogP) is 3.99. The Kier molecular flexibility index (Phi) is 5.30. The summed E-state index contributed by atoms with van der Waals surface area (Å²) in [4.78, 5) is 20.5. The van der Waals surface area contributed by atoms with Gasteiger partial charge in [-0.1, -0.05) is 0 Å². The minimum absolute atomic E-state index is 0.0358. The average Bonchev–Trinajstić information content (AvgIpc) is 3.05. The van der Waals surface area contributed by atoms with Crippen LogP contribution in [0.25, 0.3) is 10.6 Å². The summed E-state index contributed by atoms with van der Waals surface area (Å²) in [5, 5.41) is 5.31. The van der Waals surface area contributed by atoms with Crippen molar-refractivity contribution in [2.45, 2.75) is 13.0 Å². The average molecular weight is 361 g/mol. The van der Waals surface area contributed by atoms with Gasteiger partial charge in [0, 0.05) is 29.0 Å². The van der Waals surface area contributed by atoms with Crippen molar-refractivity contribution < 1.29 is 18.3 Å². The Hall–Kier alpha value is -2.87. The molecule has 0 spiro atoms. The van der Waals surface area contributed by atoms with Gasteiger partial charge in [0.25, 0.3) is 0 Å². The van der Waals surface area contributed by atoms with E-state index in [-0.39, 0.29) is 18.1 Å². The molecule has 3 rings (SSSR count). The molecule has 0 bridgehead atoms. The fraction of sp³-hybridized carbons (Fsp3) is 0.118. The summed E-state index contributed by atoms with van der Waals surface area (Å²) in [6.45, 7) is -2.88. The van der Waals surface area contributed by atoms with E-state index in [1.54, 1.807) is 12.4 Å². The fourth-order valence-electron chi connectivity index (χ4n) is 2.10. The van der Waals surface area contributed by atoms with E-state index < -0.39 is 6.61 Å². The Bertz CT molecular complexity index is 839. The van der Waals surface area contributed by atoms with Crippen molar-refractivity contribution in [1.82, 2.24) is 9.97 Å². The molecule has 2 heterocycles. The number of nitrogens with one attached hydrogen (secondary N) is 1. The fourth-order valence-corrected chi connectivity index (χ4v) is 2.91. The third kappa shape index (κ3) is 4.80. The highest BCUT2D eigenvalue weighted by molar-refractivity contribution is 7.13. The summed E-state index contributed by atoms with van der Waals surface area (Å²) in [6.07, 6.45) is 3.51. The second-order valence-electron chi connectivity index (χ2n) is 5.01. The molecule has 128 valence electrons. The number of pyridine rings is 1. The molecule has 2 aromatic heterocycles. The molecule has 5 nitrogen and oxygen atoms in total. The van der Waals surface area contributed by atoms with E-state index in [1.165, 1.54) is 35.6 Å². The van der Waals surface area contributed by atoms with Crippen LogP contribution in [0.4, 0.5) is 14.5 Å². The van der Waals surface area contributed by atoms with Gasteiger partial charge in [0.15, 0.2) is 0 Å². The Labute approximate surface area is 146 Å². The molecule has 0 atom stereocenters. The number of thiazole rings is 1. The molecule has 0 aliphatic rings. The van der Waals surface area contributed by atoms with Crippen LogP contribution in [0.1, 0.15) is 5.69 Å². The Morgan fingerprint density at radius 3 is 2.72 bits per heavy atom. The molecule has 0 aliphatic carbocycles. The number of hydrogen-bond donors (Lipinski definition) is 1. The molecule has 25 heavy (non-hydrogen) atoms. The Morgan fingerprint density at radius 2 is 2.04 bits per heavy atom. The Balaban J connectivity index is 1.58. The molecule has 0 saturated heterocycles. The Morgan fingerprint density at radius 1 is 1.24 bits per heavy atom. The van der Waals surface area contributed by atoms with Crippen molar-refractivity contribution in [3.63, 3.8) is 0 Å². The van der Waals surface area contributed by atoms with Crippen molar-refractivity contribution >= 4 is 22.9 Å². The van der Waals surface area contributed by atoms with Gasteiger partial charge in [0.2, 0.25) is 5.91 Å². The van der Waals surface area contributed by atoms with Gasteiger partial charge in [0.1, 0.15) is 10.8 Å². The molecule has 0 radical (unpaired) electrons. The number of nitrogens with zero attached hydrogens (tertiary/aromatic N) is 2. The first-order chi connectivity index (χ1) is 12.1. The van der Waals surface area contributed by atoms with Gasteiger partial charge in [-0.3, -0.25) is 9.78 Å². The van der Waals surface area contributed by atoms with E-state index in [4.69, 9.17) is 0 Å². The van der Waals surface area contributed by atoms with Crippen LogP contribution in [0.3, 0.4) is 0 Å². The van der Waals surface area contributed by atoms with Crippen molar-refractivity contribution in [3.05, 3.63) is 59.9 Å². The number of carbonyl (C=O) groups excluding carboxylic acids is 1. The summed E-state index contributed by atoms with van der Waals surface area (Å²) in [7, 11) is 0. The van der Waals surface area contributed by atoms with Gasteiger partial charge >= 0.3 is 6.61 Å². The summed E-state index contributed by atoms with van der Waals surface area (Å²) in [6, 6.07) is 9.45. The number of ether oxygens (including phenoxy) is 1. The van der Waals surface area contributed by atoms with Crippen LogP contribution in [0.2, 0.25) is 0 Å². The first-order valence-electron chi connectivity index (χ1n) is 7.29. The van der Waals surface area contributed by atoms with E-state index >= 15 is 0 Å². The molecule has 3 aromatic rings. The highest BCUT2D eigenvalue weighted by Crippen LogP contribution is 2.23. The summed E-state index contributed by atoms with van der Waals surface area (Å²) in [5.41, 5.74) is 2.04. The minimum atomic E-state index is -2.88. The molecule has 1 aromatic carbocycles. The molecule has 8 heteroatoms. The third-order valence-electron chi connectivity index (χ3n) is 3.17. The third-order valence-corrected chi connectivity index (χ3v) is 4.11. The van der Waals surface area contributed by atoms with Crippen LogP contribution in [0.5, 0.6) is 5.75 Å². The van der Waals surface area contributed by atoms with Gasteiger partial charge in [0.05, 0.1) is 12.1 Å². The standard InChI is InChI=1S/C17H13F2N3O2S/c18-17(19)24-14-5-3-12(4-6-14)21-15(23)8-13-10-25-16(22-13)11-2-1-7-20-9-11/h1-7,9-10,17H,8H2,(H,21,23). The van der Waals surface area contributed by atoms with Crippen LogP contribution in [-0.2, 0) is 11.2 Å². The quantitative estimate of drug-likeness (QED) is 0.721. The van der Waals surface area contributed by atoms with Gasteiger partial charge < -0.3 is 10.1 Å². The number of amides is 1. The van der Waals surface area contributed by atoms with E-state index in [1.807, 2.05) is 17.5 Å². The highest BCUT2D eigenvalue weighted by atomic mass is 32.1. The van der Waals surface area contributed by atoms with E-state index in [9.17, 15) is 13.6 Å². The molecule has 0 saturated carbocycles. The zero-order valence-electron chi connectivity index (χ0n) is 12.9. The lowest BCUT2D eigenvalue weighted by atomic mass is 10.2. The van der Waals surface area contributed by atoms with E-state index in [0.717, 1.165) is 10.6 Å². The van der Waals surface area contributed by atoms with Gasteiger partial charge in [-0.05, 0) is 36.4 Å². The van der Waals surface area contributed by atoms with E-state index in [0.29, 0.717) is 11.4 Å². The second-order valence-corrected chi connectivity index (χ2v) is 5.87. The van der Waals surface area contributed by atoms with Gasteiger partial charge in [-0.15, -0.1) is 11.3 Å². The molecule has 0 aliphatic heterocycles. The smallest absolute Gasteiger partial charge is 0.387 e. The lowest BCUT2D eigenvalue weighted by molar-refractivity contribution is -0.115. The monoisotopic (exact) mass is 361 g/mol. The number of anilines is 1. The normalized spacial score (nSPS) is 10.7. The maximum absolute atomic E-state index is 12.1. The first kappa shape index (κ1) is 17.0. The summed E-state index contributed by atoms with van der Waals surface area (Å²) >= 11 is 1.44. The highest BCUT2D eigenvalue weighted by Gasteiger charge is 2.10. The van der Waals surface area contributed by atoms with Crippen LogP contribution in [0, 0.1) is 0 Å². The molecule has 1 N–H and O–H groups in total. The van der Waals surface area contributed by atoms with Crippen LogP contribution in [0.15, 0.2) is 54.2 Å². The van der Waals surface area contributed by atoms with Crippen molar-refractivity contribution in [2.75, 3.05) is 5.32 Å². The van der Waals surface area contributed by atoms with E-state index in [2.05, 4.69) is 20.0 Å². The van der Waals surface area contributed by atoms with Gasteiger partial charge in [-0.2, -0.15) is 8.78 Å². The lowest BCUT2D eigenvalue weighted by Crippen LogP contribution is -2.14. The summed E-state index contributed by atoms with van der Waals surface area (Å²) < 4.78 is 28.4. The topological polar surface area (TPSA) is 64.1 Å². The van der Waals surface area contributed by atoms with Crippen LogP contribution >= 0.6 is 11.3 Å². The number of alkyl halides is 2. The van der Waals surface area contributed by atoms with Gasteiger partial charge in [-0.25, -0.2) is 4.98 Å². The second kappa shape index (κ2) is 7.80. The van der Waals surface area contributed by atoms with Crippen molar-refractivity contribution in [1.29, 1.82) is 0 Å². The zero-order chi connectivity index (χ0) is 17.6. The lowest BCUT2D eigenvalue weighted by Gasteiger charge is -2.07. The molecular weight excluding hydrogens is 348 g/mol. The summed E-state index contributed by atoms with van der Waals surface area (Å²) in [5.74, 6) is -0.209. The molecule has 0 unspecified atom stereocenters. The predicted molar refractivity (Wildman–Crippen MR) is 90.8 cm³/mol. The number of aromatic nitrogens is 2. The number of halogens is 2. The number of rotatable bonds is 6. The maximum Gasteiger partial charge on any atom is 0.387 e. The molecule has 0 fully saturated rings. The number of carbonyl (C=O) groups is 1. The van der Waals surface area contributed by atoms with Crippen molar-refractivity contribution in [3.8, 4) is 16.3 Å². The largest absolute Gasteiger partial charge is 0.435 e. The van der Waals surface area contributed by atoms with Crippen LogP contribution < -0.4 is 10.1 Å². The maximum atomic E-state index is 12.1. The van der Waals surface area contributed by atoms with Crippen LogP contribution in [-0.4, -0.2) is 22.5 Å². The molecular formula is C17H13F2N3O2S. The minimum Gasteiger partial charge on any atom is -0.435 e. The first-order valence-corrected chi connectivity index (χ1v) is 8.17. The van der Waals surface area contributed by atoms with Crippen molar-refractivity contribution in [2.24, 2.45) is 0 Å². The SMILES string of the molecule is O=C(Cc1csc(-c2cccnc2)n1)Nc1ccc(OC(F)F)cc1. The zero-order valence-corrected chi connectivity index (χ0v) is 13.7. The number of benzene rings is 1. The molecule has 1 amide bonds. The number of hydrogen-bond acceptors (Lipinski definition) is 5.